The highest BCUT2D eigenvalue weighted by Gasteiger charge is 2.37. The number of aryl methyl sites for hydroxylation is 1. The maximum Gasteiger partial charge on any atom is 0.416 e. The topological polar surface area (TPSA) is 44.9 Å². The number of hydrogen-bond acceptors (Lipinski definition) is 2. The van der Waals surface area contributed by atoms with E-state index in [2.05, 4.69) is 10.3 Å². The molecule has 0 aliphatic heterocycles. The fourth-order valence-corrected chi connectivity index (χ4v) is 3.16. The van der Waals surface area contributed by atoms with E-state index < -0.39 is 41.0 Å². The van der Waals surface area contributed by atoms with Gasteiger partial charge in [0, 0.05) is 27.8 Å². The smallest absolute Gasteiger partial charge is 0.375 e. The van der Waals surface area contributed by atoms with Crippen LogP contribution in [0, 0.1) is 6.92 Å². The van der Waals surface area contributed by atoms with E-state index >= 15 is 0 Å². The van der Waals surface area contributed by atoms with E-state index in [-0.39, 0.29) is 6.07 Å². The van der Waals surface area contributed by atoms with Crippen LogP contribution < -0.4 is 5.32 Å². The lowest BCUT2D eigenvalue weighted by Crippen LogP contribution is -2.27. The number of aromatic amines is 1. The number of nitrogens with one attached hydrogen (secondary N) is 2. The second-order valence-electron chi connectivity index (χ2n) is 6.70. The number of rotatable bonds is 4. The predicted molar refractivity (Wildman–Crippen MR) is 96.9 cm³/mol. The summed E-state index contributed by atoms with van der Waals surface area (Å²) in [5.74, 6) is -0.453. The first kappa shape index (κ1) is 20.8. The SMILES string of the molecule is Cc1[nH]c2ccccc2c1C(=O)[C@@H](C)Nc1cc(C(F)(F)F)cc(C(F)(F)F)c1. The number of carbonyl (C=O) groups excluding carboxylic acids is 1. The molecule has 3 aromatic rings. The second-order valence-corrected chi connectivity index (χ2v) is 6.70. The van der Waals surface area contributed by atoms with Crippen molar-refractivity contribution in [2.24, 2.45) is 0 Å². The van der Waals surface area contributed by atoms with E-state index in [1.165, 1.54) is 6.92 Å². The van der Waals surface area contributed by atoms with Crippen LogP contribution in [0.4, 0.5) is 32.0 Å². The van der Waals surface area contributed by atoms with Crippen LogP contribution in [0.5, 0.6) is 0 Å². The molecule has 0 aliphatic carbocycles. The van der Waals surface area contributed by atoms with Crippen molar-refractivity contribution < 1.29 is 31.1 Å². The molecule has 0 radical (unpaired) electrons. The van der Waals surface area contributed by atoms with Gasteiger partial charge in [-0.3, -0.25) is 4.79 Å². The third-order valence-corrected chi connectivity index (χ3v) is 4.50. The van der Waals surface area contributed by atoms with Gasteiger partial charge in [-0.05, 0) is 38.1 Å². The van der Waals surface area contributed by atoms with Crippen LogP contribution in [-0.2, 0) is 12.4 Å². The van der Waals surface area contributed by atoms with E-state index in [0.29, 0.717) is 34.3 Å². The molecule has 1 aromatic heterocycles. The van der Waals surface area contributed by atoms with Crippen LogP contribution in [0.1, 0.15) is 34.1 Å². The molecule has 0 aliphatic rings. The highest BCUT2D eigenvalue weighted by Crippen LogP contribution is 2.37. The van der Waals surface area contributed by atoms with E-state index in [1.54, 1.807) is 31.2 Å². The molecule has 1 atom stereocenters. The Labute approximate surface area is 161 Å². The Morgan fingerprint density at radius 2 is 1.52 bits per heavy atom. The quantitative estimate of drug-likeness (QED) is 0.395. The summed E-state index contributed by atoms with van der Waals surface area (Å²) in [6.07, 6.45) is -9.92. The average Bonchev–Trinajstić information content (AvgIpc) is 2.95. The largest absolute Gasteiger partial charge is 0.416 e. The normalized spacial score (nSPS) is 13.5. The second kappa shape index (κ2) is 7.13. The highest BCUT2D eigenvalue weighted by atomic mass is 19.4. The van der Waals surface area contributed by atoms with Crippen LogP contribution in [0.2, 0.25) is 0 Å². The molecule has 9 heteroatoms. The number of carbonyl (C=O) groups is 1. The van der Waals surface area contributed by atoms with E-state index in [0.717, 1.165) is 0 Å². The lowest BCUT2D eigenvalue weighted by Gasteiger charge is -2.18. The summed E-state index contributed by atoms with van der Waals surface area (Å²) in [7, 11) is 0. The molecular formula is C20H16F6N2O. The standard InChI is InChI=1S/C20H16F6N2O/c1-10-17(15-5-3-4-6-16(15)28-10)18(29)11(2)27-14-8-12(19(21,22)23)7-13(9-14)20(24,25)26/h3-9,11,27-28H,1-2H3/t11-/m1/s1. The number of aromatic nitrogens is 1. The van der Waals surface area contributed by atoms with Crippen molar-refractivity contribution in [2.75, 3.05) is 5.32 Å². The molecule has 3 rings (SSSR count). The van der Waals surface area contributed by atoms with Gasteiger partial charge in [0.25, 0.3) is 0 Å². The first-order valence-corrected chi connectivity index (χ1v) is 8.55. The van der Waals surface area contributed by atoms with Crippen molar-refractivity contribution in [3.05, 3.63) is 64.8 Å². The van der Waals surface area contributed by atoms with Gasteiger partial charge < -0.3 is 10.3 Å². The molecule has 0 saturated heterocycles. The fraction of sp³-hybridized carbons (Fsp3) is 0.250. The Kier molecular flexibility index (Phi) is 5.10. The minimum absolute atomic E-state index is 0.0431. The van der Waals surface area contributed by atoms with Crippen LogP contribution in [-0.4, -0.2) is 16.8 Å². The zero-order valence-electron chi connectivity index (χ0n) is 15.3. The molecule has 1 heterocycles. The zero-order chi connectivity index (χ0) is 21.6. The number of fused-ring (bicyclic) bond motifs is 1. The summed E-state index contributed by atoms with van der Waals surface area (Å²) >= 11 is 0. The summed E-state index contributed by atoms with van der Waals surface area (Å²) in [6, 6.07) is 7.08. The number of H-pyrrole nitrogens is 1. The number of para-hydroxylation sites is 1. The molecule has 0 spiro atoms. The number of Topliss-reactive ketones (excluding diaryl/α,β-unsaturated/α-hetero) is 1. The first-order chi connectivity index (χ1) is 13.4. The molecule has 0 bridgehead atoms. The first-order valence-electron chi connectivity index (χ1n) is 8.55. The summed E-state index contributed by atoms with van der Waals surface area (Å²) in [4.78, 5) is 15.9. The third kappa shape index (κ3) is 4.23. The third-order valence-electron chi connectivity index (χ3n) is 4.50. The van der Waals surface area contributed by atoms with Crippen LogP contribution >= 0.6 is 0 Å². The molecule has 154 valence electrons. The summed E-state index contributed by atoms with van der Waals surface area (Å²) < 4.78 is 78.1. The molecule has 29 heavy (non-hydrogen) atoms. The minimum atomic E-state index is -4.96. The monoisotopic (exact) mass is 414 g/mol. The van der Waals surface area contributed by atoms with E-state index in [1.807, 2.05) is 0 Å². The molecular weight excluding hydrogens is 398 g/mol. The van der Waals surface area contributed by atoms with Crippen molar-refractivity contribution in [1.29, 1.82) is 0 Å². The summed E-state index contributed by atoms with van der Waals surface area (Å²) in [5.41, 5.74) is -1.73. The van der Waals surface area contributed by atoms with Crippen LogP contribution in [0.25, 0.3) is 10.9 Å². The summed E-state index contributed by atoms with van der Waals surface area (Å²) in [5, 5.41) is 3.11. The number of anilines is 1. The predicted octanol–water partition coefficient (Wildman–Crippen LogP) is 6.20. The van der Waals surface area contributed by atoms with Crippen molar-refractivity contribution in [2.45, 2.75) is 32.2 Å². The van der Waals surface area contributed by atoms with Gasteiger partial charge in [0.2, 0.25) is 0 Å². The molecule has 0 saturated carbocycles. The summed E-state index contributed by atoms with van der Waals surface area (Å²) in [6.45, 7) is 3.06. The minimum Gasteiger partial charge on any atom is -0.375 e. The molecule has 0 unspecified atom stereocenters. The molecule has 0 fully saturated rings. The Morgan fingerprint density at radius 1 is 0.966 bits per heavy atom. The average molecular weight is 414 g/mol. The van der Waals surface area contributed by atoms with Gasteiger partial charge in [0.1, 0.15) is 0 Å². The van der Waals surface area contributed by atoms with Gasteiger partial charge in [0.15, 0.2) is 5.78 Å². The Balaban J connectivity index is 1.96. The van der Waals surface area contributed by atoms with E-state index in [9.17, 15) is 31.1 Å². The number of ketones is 1. The van der Waals surface area contributed by atoms with Crippen LogP contribution in [0.3, 0.4) is 0 Å². The number of hydrogen-bond donors (Lipinski definition) is 2. The number of alkyl halides is 6. The van der Waals surface area contributed by atoms with Crippen molar-refractivity contribution in [1.82, 2.24) is 4.98 Å². The maximum absolute atomic E-state index is 13.0. The fourth-order valence-electron chi connectivity index (χ4n) is 3.16. The van der Waals surface area contributed by atoms with Gasteiger partial charge in [-0.25, -0.2) is 0 Å². The zero-order valence-corrected chi connectivity index (χ0v) is 15.3. The van der Waals surface area contributed by atoms with Gasteiger partial charge in [0.05, 0.1) is 17.2 Å². The number of benzene rings is 2. The Hall–Kier alpha value is -2.97. The molecule has 2 N–H and O–H groups in total. The Bertz CT molecular complexity index is 1030. The lowest BCUT2D eigenvalue weighted by atomic mass is 10.0. The van der Waals surface area contributed by atoms with Crippen molar-refractivity contribution in [3.8, 4) is 0 Å². The van der Waals surface area contributed by atoms with Gasteiger partial charge in [-0.2, -0.15) is 26.3 Å². The van der Waals surface area contributed by atoms with Crippen LogP contribution in [0.15, 0.2) is 42.5 Å². The maximum atomic E-state index is 13.0. The Morgan fingerprint density at radius 3 is 2.07 bits per heavy atom. The van der Waals surface area contributed by atoms with E-state index in [4.69, 9.17) is 0 Å². The highest BCUT2D eigenvalue weighted by molar-refractivity contribution is 6.12. The molecule has 0 amide bonds. The molecule has 3 nitrogen and oxygen atoms in total. The van der Waals surface area contributed by atoms with Gasteiger partial charge >= 0.3 is 12.4 Å². The van der Waals surface area contributed by atoms with Crippen molar-refractivity contribution >= 4 is 22.4 Å². The number of halogens is 6. The molecule has 2 aromatic carbocycles. The van der Waals surface area contributed by atoms with Gasteiger partial charge in [-0.1, -0.05) is 18.2 Å². The van der Waals surface area contributed by atoms with Crippen molar-refractivity contribution in [3.63, 3.8) is 0 Å². The van der Waals surface area contributed by atoms with Gasteiger partial charge in [-0.15, -0.1) is 0 Å². The lowest BCUT2D eigenvalue weighted by molar-refractivity contribution is -0.143.